The molecule has 4 heterocycles. The molecule has 2 aliphatic heterocycles. The average molecular weight is 648 g/mol. The Kier molecular flexibility index (Phi) is 8.40. The Bertz CT molecular complexity index is 2000. The molecule has 7 rings (SSSR count). The Hall–Kier alpha value is -5.13. The van der Waals surface area contributed by atoms with Gasteiger partial charge in [0.2, 0.25) is 0 Å². The van der Waals surface area contributed by atoms with E-state index in [0.29, 0.717) is 34.3 Å². The summed E-state index contributed by atoms with van der Waals surface area (Å²) < 4.78 is 37.0. The lowest BCUT2D eigenvalue weighted by Gasteiger charge is -2.41. The van der Waals surface area contributed by atoms with E-state index in [2.05, 4.69) is 33.4 Å². The Morgan fingerprint density at radius 1 is 1.12 bits per heavy atom. The van der Waals surface area contributed by atoms with Gasteiger partial charge < -0.3 is 19.4 Å². The van der Waals surface area contributed by atoms with Crippen LogP contribution in [0.15, 0.2) is 55.0 Å². The molecule has 0 N–H and O–H groups in total. The maximum absolute atomic E-state index is 16.8. The Morgan fingerprint density at radius 2 is 1.90 bits per heavy atom. The largest absolute Gasteiger partial charge is 0.463 e. The molecule has 1 aliphatic carbocycles. The summed E-state index contributed by atoms with van der Waals surface area (Å²) in [6.07, 6.45) is 11.8. The van der Waals surface area contributed by atoms with E-state index in [1.54, 1.807) is 12.3 Å². The van der Waals surface area contributed by atoms with Crippen molar-refractivity contribution in [1.29, 1.82) is 5.26 Å². The highest BCUT2D eigenvalue weighted by molar-refractivity contribution is 6.02. The number of pyridine rings is 1. The van der Waals surface area contributed by atoms with Gasteiger partial charge in [0.1, 0.15) is 17.0 Å². The molecule has 0 radical (unpaired) electrons. The van der Waals surface area contributed by atoms with Crippen LogP contribution in [-0.4, -0.2) is 82.6 Å². The summed E-state index contributed by atoms with van der Waals surface area (Å²) in [5.41, 5.74) is 1.30. The molecule has 48 heavy (non-hydrogen) atoms. The lowest BCUT2D eigenvalue weighted by atomic mass is 9.97. The maximum atomic E-state index is 16.8. The summed E-state index contributed by atoms with van der Waals surface area (Å²) in [6, 6.07) is 12.6. The van der Waals surface area contributed by atoms with Crippen LogP contribution < -0.4 is 9.64 Å². The van der Waals surface area contributed by atoms with Crippen LogP contribution in [0.25, 0.3) is 32.9 Å². The number of halogens is 2. The topological polar surface area (TPSA) is 98.5 Å². The molecule has 0 spiro atoms. The number of benzene rings is 2. The predicted octanol–water partition coefficient (Wildman–Crippen LogP) is 5.63. The molecule has 9 nitrogen and oxygen atoms in total. The van der Waals surface area contributed by atoms with Gasteiger partial charge in [0.25, 0.3) is 5.91 Å². The molecule has 244 valence electrons. The van der Waals surface area contributed by atoms with E-state index in [9.17, 15) is 14.4 Å². The highest BCUT2D eigenvalue weighted by Crippen LogP contribution is 2.47. The third kappa shape index (κ3) is 5.91. The third-order valence-corrected chi connectivity index (χ3v) is 9.78. The summed E-state index contributed by atoms with van der Waals surface area (Å²) >= 11 is 0. The molecule has 1 saturated carbocycles. The first-order chi connectivity index (χ1) is 23.3. The summed E-state index contributed by atoms with van der Waals surface area (Å²) in [7, 11) is 0. The van der Waals surface area contributed by atoms with Gasteiger partial charge in [-0.1, -0.05) is 42.8 Å². The van der Waals surface area contributed by atoms with E-state index in [-0.39, 0.29) is 48.7 Å². The van der Waals surface area contributed by atoms with Gasteiger partial charge in [0, 0.05) is 54.3 Å². The molecule has 2 saturated heterocycles. The summed E-state index contributed by atoms with van der Waals surface area (Å²) in [6.45, 7) is 7.20. The number of amides is 1. The molecular weight excluding hydrogens is 612 g/mol. The van der Waals surface area contributed by atoms with Crippen LogP contribution in [0.2, 0.25) is 0 Å². The first-order valence-electron chi connectivity index (χ1n) is 16.3. The zero-order valence-electron chi connectivity index (χ0n) is 26.6. The Balaban J connectivity index is 1.30. The number of hydrogen-bond acceptors (Lipinski definition) is 8. The second kappa shape index (κ2) is 12.8. The van der Waals surface area contributed by atoms with E-state index < -0.39 is 23.6 Å². The summed E-state index contributed by atoms with van der Waals surface area (Å²) in [4.78, 5) is 32.2. The summed E-state index contributed by atoms with van der Waals surface area (Å²) in [5, 5.41) is 11.5. The van der Waals surface area contributed by atoms with Crippen molar-refractivity contribution in [3.8, 4) is 35.7 Å². The number of carbonyl (C=O) groups excluding carboxylic acids is 1. The van der Waals surface area contributed by atoms with Crippen LogP contribution >= 0.6 is 0 Å². The van der Waals surface area contributed by atoms with Gasteiger partial charge in [-0.2, -0.15) is 15.2 Å². The minimum absolute atomic E-state index is 0.0119. The number of anilines is 1. The van der Waals surface area contributed by atoms with Crippen molar-refractivity contribution in [3.63, 3.8) is 0 Å². The fourth-order valence-corrected chi connectivity index (χ4v) is 7.08. The van der Waals surface area contributed by atoms with Gasteiger partial charge in [-0.15, -0.1) is 6.42 Å². The minimum atomic E-state index is -1.09. The molecular formula is C37H35F2N7O2. The van der Waals surface area contributed by atoms with E-state index in [1.807, 2.05) is 35.2 Å². The van der Waals surface area contributed by atoms with E-state index in [0.717, 1.165) is 37.9 Å². The molecule has 0 bridgehead atoms. The van der Waals surface area contributed by atoms with Gasteiger partial charge in [-0.3, -0.25) is 9.78 Å². The number of nitrogens with zero attached hydrogens (tertiary/aromatic N) is 7. The number of aromatic nitrogens is 3. The van der Waals surface area contributed by atoms with Crippen molar-refractivity contribution < 1.29 is 18.3 Å². The number of piperazine rings is 1. The molecule has 2 aromatic carbocycles. The lowest BCUT2D eigenvalue weighted by molar-refractivity contribution is -0.131. The van der Waals surface area contributed by atoms with Crippen molar-refractivity contribution >= 4 is 33.4 Å². The van der Waals surface area contributed by atoms with Gasteiger partial charge >= 0.3 is 6.01 Å². The molecule has 4 aromatic rings. The smallest absolute Gasteiger partial charge is 0.319 e. The summed E-state index contributed by atoms with van der Waals surface area (Å²) in [5.74, 6) is 0.498. The fraction of sp³-hybridized carbons (Fsp3) is 0.378. The van der Waals surface area contributed by atoms with Crippen molar-refractivity contribution in [3.05, 3.63) is 66.4 Å². The van der Waals surface area contributed by atoms with Crippen LogP contribution in [-0.2, 0) is 4.79 Å². The number of hydrogen-bond donors (Lipinski definition) is 0. The number of terminal acetylenes is 1. The van der Waals surface area contributed by atoms with Crippen molar-refractivity contribution in [1.82, 2.24) is 24.8 Å². The number of likely N-dealkylation sites (tertiary alicyclic amines) is 1. The van der Waals surface area contributed by atoms with Crippen molar-refractivity contribution in [2.45, 2.75) is 38.1 Å². The molecule has 3 aliphatic rings. The predicted molar refractivity (Wildman–Crippen MR) is 179 cm³/mol. The highest BCUT2D eigenvalue weighted by Gasteiger charge is 2.45. The maximum Gasteiger partial charge on any atom is 0.319 e. The highest BCUT2D eigenvalue weighted by atomic mass is 19.1. The fourth-order valence-electron chi connectivity index (χ4n) is 7.08. The molecule has 11 heteroatoms. The Labute approximate surface area is 277 Å². The van der Waals surface area contributed by atoms with Gasteiger partial charge in [0.05, 0.1) is 30.5 Å². The number of nitriles is 1. The third-order valence-electron chi connectivity index (χ3n) is 9.78. The Morgan fingerprint density at radius 3 is 2.60 bits per heavy atom. The van der Waals surface area contributed by atoms with Crippen molar-refractivity contribution in [2.75, 3.05) is 50.8 Å². The zero-order chi connectivity index (χ0) is 33.4. The van der Waals surface area contributed by atoms with Crippen molar-refractivity contribution in [2.24, 2.45) is 5.41 Å². The first-order valence-corrected chi connectivity index (χ1v) is 16.3. The number of carbonyl (C=O) groups is 1. The molecule has 3 fully saturated rings. The van der Waals surface area contributed by atoms with Gasteiger partial charge in [-0.25, -0.2) is 8.78 Å². The normalized spacial score (nSPS) is 18.9. The van der Waals surface area contributed by atoms with Crippen LogP contribution in [0.4, 0.5) is 14.6 Å². The molecule has 0 unspecified atom stereocenters. The quantitative estimate of drug-likeness (QED) is 0.170. The second-order valence-corrected chi connectivity index (χ2v) is 13.0. The van der Waals surface area contributed by atoms with Gasteiger partial charge in [0.15, 0.2) is 11.6 Å². The molecule has 2 aromatic heterocycles. The standard InChI is InChI=1S/C37H35F2N7O2/c1-3-25-8-6-9-26-10-7-11-28(30(25)26)32-31(39)33-29(20-41-32)34(45-18-19-46(35(47)24(2)38)27(21-45)12-15-40)43-36(42-33)48-23-37(13-14-37)22-44-16-4-5-17-44/h1,6-11,20,27H,2,4-5,12-14,16-19,21-23H2/t27-/m0/s1. The van der Waals surface area contributed by atoms with Gasteiger partial charge in [-0.05, 0) is 50.2 Å². The number of ether oxygens (including phenoxy) is 1. The van der Waals surface area contributed by atoms with E-state index in [4.69, 9.17) is 16.1 Å². The number of rotatable bonds is 9. The van der Waals surface area contributed by atoms with Crippen LogP contribution in [0, 0.1) is 34.9 Å². The lowest BCUT2D eigenvalue weighted by Crippen LogP contribution is -2.55. The monoisotopic (exact) mass is 647 g/mol. The molecule has 1 amide bonds. The van der Waals surface area contributed by atoms with E-state index >= 15 is 4.39 Å². The number of fused-ring (bicyclic) bond motifs is 2. The van der Waals surface area contributed by atoms with E-state index in [1.165, 1.54) is 17.7 Å². The second-order valence-electron chi connectivity index (χ2n) is 13.0. The van der Waals surface area contributed by atoms with Crippen LogP contribution in [0.5, 0.6) is 6.01 Å². The molecule has 1 atom stereocenters. The minimum Gasteiger partial charge on any atom is -0.463 e. The SMILES string of the molecule is C#Cc1cccc2cccc(-c3ncc4c(N5CCN(C(=O)C(=C)F)[C@@H](CC#N)C5)nc(OCC5(CN6CCCC6)CC5)nc4c3F)c12. The van der Waals surface area contributed by atoms with Crippen LogP contribution in [0.1, 0.15) is 37.7 Å². The van der Waals surface area contributed by atoms with Crippen LogP contribution in [0.3, 0.4) is 0 Å². The average Bonchev–Trinajstić information content (AvgIpc) is 3.67. The zero-order valence-corrected chi connectivity index (χ0v) is 26.6. The first kappa shape index (κ1) is 31.5.